The number of carbonyl (C=O) groups is 1. The van der Waals surface area contributed by atoms with Crippen molar-refractivity contribution in [2.45, 2.75) is 20.0 Å². The van der Waals surface area contributed by atoms with Gasteiger partial charge in [0.25, 0.3) is 0 Å². The molecule has 0 aliphatic rings. The minimum absolute atomic E-state index is 0.0899. The summed E-state index contributed by atoms with van der Waals surface area (Å²) in [6.07, 6.45) is 3.43. The molecule has 6 nitrogen and oxygen atoms in total. The largest absolute Gasteiger partial charge is 0.308 e. The number of hydrogen-bond acceptors (Lipinski definition) is 3. The van der Waals surface area contributed by atoms with Gasteiger partial charge in [0.1, 0.15) is 12.4 Å². The van der Waals surface area contributed by atoms with Crippen LogP contribution in [0.3, 0.4) is 0 Å². The summed E-state index contributed by atoms with van der Waals surface area (Å²) in [5.41, 5.74) is 1.35. The van der Waals surface area contributed by atoms with Gasteiger partial charge in [0.15, 0.2) is 5.82 Å². The van der Waals surface area contributed by atoms with E-state index < -0.39 is 0 Å². The molecule has 0 bridgehead atoms. The lowest BCUT2D eigenvalue weighted by atomic mass is 10.2. The molecule has 0 spiro atoms. The predicted octanol–water partition coefficient (Wildman–Crippen LogP) is 2.98. The van der Waals surface area contributed by atoms with Crippen molar-refractivity contribution < 1.29 is 9.18 Å². The van der Waals surface area contributed by atoms with Crippen LogP contribution in [0.2, 0.25) is 0 Å². The zero-order chi connectivity index (χ0) is 17.1. The topological polar surface area (TPSA) is 64.7 Å². The second-order valence-corrected chi connectivity index (χ2v) is 6.15. The highest BCUT2D eigenvalue weighted by molar-refractivity contribution is 9.10. The Hall–Kier alpha value is -2.48. The number of carbonyl (C=O) groups excluding carboxylic acids is 1. The first kappa shape index (κ1) is 16.4. The highest BCUT2D eigenvalue weighted by atomic mass is 79.9. The van der Waals surface area contributed by atoms with Gasteiger partial charge in [-0.3, -0.25) is 14.2 Å². The molecule has 0 atom stereocenters. The van der Waals surface area contributed by atoms with Crippen molar-refractivity contribution in [3.8, 4) is 0 Å². The first-order valence-corrected chi connectivity index (χ1v) is 8.07. The molecule has 2 aromatic heterocycles. The van der Waals surface area contributed by atoms with E-state index in [1.54, 1.807) is 46.0 Å². The van der Waals surface area contributed by atoms with Gasteiger partial charge in [0.2, 0.25) is 5.91 Å². The summed E-state index contributed by atoms with van der Waals surface area (Å²) in [7, 11) is 0. The second-order valence-electron chi connectivity index (χ2n) is 5.30. The molecule has 0 fully saturated rings. The van der Waals surface area contributed by atoms with Crippen LogP contribution in [0, 0.1) is 12.7 Å². The number of rotatable bonds is 5. The number of anilines is 1. The number of benzene rings is 1. The zero-order valence-electron chi connectivity index (χ0n) is 12.9. The van der Waals surface area contributed by atoms with Crippen molar-refractivity contribution in [1.29, 1.82) is 0 Å². The van der Waals surface area contributed by atoms with E-state index in [0.29, 0.717) is 17.9 Å². The van der Waals surface area contributed by atoms with E-state index in [2.05, 4.69) is 31.4 Å². The van der Waals surface area contributed by atoms with Crippen LogP contribution in [0.15, 0.2) is 47.2 Å². The van der Waals surface area contributed by atoms with Gasteiger partial charge in [0.05, 0.1) is 16.7 Å². The zero-order valence-corrected chi connectivity index (χ0v) is 14.5. The average Bonchev–Trinajstić information content (AvgIpc) is 3.08. The Balaban J connectivity index is 1.61. The highest BCUT2D eigenvalue weighted by Gasteiger charge is 2.09. The quantitative estimate of drug-likeness (QED) is 0.726. The molecule has 3 rings (SSSR count). The molecule has 8 heteroatoms. The highest BCUT2D eigenvalue weighted by Crippen LogP contribution is 2.13. The van der Waals surface area contributed by atoms with Crippen LogP contribution in [0.1, 0.15) is 11.3 Å². The van der Waals surface area contributed by atoms with E-state index in [0.717, 1.165) is 10.2 Å². The lowest BCUT2D eigenvalue weighted by Crippen LogP contribution is -2.19. The van der Waals surface area contributed by atoms with Gasteiger partial charge in [-0.1, -0.05) is 18.2 Å². The van der Waals surface area contributed by atoms with E-state index >= 15 is 0 Å². The van der Waals surface area contributed by atoms with Crippen LogP contribution in [0.5, 0.6) is 0 Å². The molecule has 0 radical (unpaired) electrons. The van der Waals surface area contributed by atoms with Crippen LogP contribution in [-0.2, 0) is 17.9 Å². The fourth-order valence-electron chi connectivity index (χ4n) is 2.22. The smallest absolute Gasteiger partial charge is 0.247 e. The van der Waals surface area contributed by atoms with E-state index in [1.165, 1.54) is 6.07 Å². The fourth-order valence-corrected chi connectivity index (χ4v) is 2.54. The van der Waals surface area contributed by atoms with E-state index in [1.807, 2.05) is 6.92 Å². The van der Waals surface area contributed by atoms with Gasteiger partial charge in [-0.25, -0.2) is 4.39 Å². The molecule has 1 aromatic carbocycles. The van der Waals surface area contributed by atoms with Crippen molar-refractivity contribution in [3.63, 3.8) is 0 Å². The Kier molecular flexibility index (Phi) is 4.75. The summed E-state index contributed by atoms with van der Waals surface area (Å²) in [5.74, 6) is -0.0985. The first-order valence-electron chi connectivity index (χ1n) is 7.27. The summed E-state index contributed by atoms with van der Waals surface area (Å²) in [6, 6.07) is 8.19. The molecule has 1 N–H and O–H groups in total. The Morgan fingerprint density at radius 2 is 2.04 bits per heavy atom. The van der Waals surface area contributed by atoms with Crippen molar-refractivity contribution in [2.75, 3.05) is 5.32 Å². The van der Waals surface area contributed by atoms with E-state index in [-0.39, 0.29) is 18.3 Å². The molecule has 3 aromatic rings. The molecule has 1 amide bonds. The number of amides is 1. The Bertz CT molecular complexity index is 853. The molecular weight excluding hydrogens is 377 g/mol. The third-order valence-electron chi connectivity index (χ3n) is 3.39. The number of hydrogen-bond donors (Lipinski definition) is 1. The maximum Gasteiger partial charge on any atom is 0.247 e. The molecule has 0 aliphatic heterocycles. The van der Waals surface area contributed by atoms with Crippen LogP contribution < -0.4 is 5.32 Å². The van der Waals surface area contributed by atoms with Crippen LogP contribution in [-0.4, -0.2) is 25.5 Å². The lowest BCUT2D eigenvalue weighted by molar-refractivity contribution is -0.116. The van der Waals surface area contributed by atoms with Crippen LogP contribution in [0.4, 0.5) is 10.2 Å². The summed E-state index contributed by atoms with van der Waals surface area (Å²) in [5, 5.41) is 11.1. The van der Waals surface area contributed by atoms with Crippen molar-refractivity contribution >= 4 is 27.7 Å². The van der Waals surface area contributed by atoms with Gasteiger partial charge in [-0.15, -0.1) is 0 Å². The van der Waals surface area contributed by atoms with Crippen molar-refractivity contribution in [2.24, 2.45) is 0 Å². The summed E-state index contributed by atoms with van der Waals surface area (Å²) >= 11 is 3.35. The Morgan fingerprint density at radius 1 is 1.25 bits per heavy atom. The summed E-state index contributed by atoms with van der Waals surface area (Å²) < 4.78 is 17.6. The Morgan fingerprint density at radius 3 is 2.75 bits per heavy atom. The standard InChI is InChI=1S/C16H15BrFN5O/c1-11-13(17)9-23(20-11)10-16(24)19-15-6-7-22(21-15)8-12-4-2-3-5-14(12)18/h2-7,9H,8,10H2,1H3,(H,19,21,24). The van der Waals surface area contributed by atoms with E-state index in [4.69, 9.17) is 0 Å². The summed E-state index contributed by atoms with van der Waals surface area (Å²) in [4.78, 5) is 12.0. The SMILES string of the molecule is Cc1nn(CC(=O)Nc2ccn(Cc3ccccc3F)n2)cc1Br. The maximum atomic E-state index is 13.6. The van der Waals surface area contributed by atoms with Crippen LogP contribution in [0.25, 0.3) is 0 Å². The third kappa shape index (κ3) is 3.88. The third-order valence-corrected chi connectivity index (χ3v) is 4.17. The molecule has 2 heterocycles. The minimum atomic E-state index is -0.279. The lowest BCUT2D eigenvalue weighted by Gasteiger charge is -2.04. The van der Waals surface area contributed by atoms with Gasteiger partial charge in [-0.2, -0.15) is 10.2 Å². The van der Waals surface area contributed by atoms with E-state index in [9.17, 15) is 9.18 Å². The average molecular weight is 392 g/mol. The number of halogens is 2. The van der Waals surface area contributed by atoms with Crippen molar-refractivity contribution in [1.82, 2.24) is 19.6 Å². The van der Waals surface area contributed by atoms with Gasteiger partial charge in [-0.05, 0) is 28.9 Å². The molecule has 0 aliphatic carbocycles. The van der Waals surface area contributed by atoms with Gasteiger partial charge in [0, 0.05) is 24.0 Å². The van der Waals surface area contributed by atoms with Crippen molar-refractivity contribution in [3.05, 3.63) is 64.3 Å². The second kappa shape index (κ2) is 6.96. The summed E-state index contributed by atoms with van der Waals surface area (Å²) in [6.45, 7) is 2.24. The molecule has 0 saturated heterocycles. The normalized spacial score (nSPS) is 10.8. The molecule has 124 valence electrons. The molecule has 0 unspecified atom stereocenters. The van der Waals surface area contributed by atoms with Gasteiger partial charge < -0.3 is 5.32 Å². The van der Waals surface area contributed by atoms with Crippen LogP contribution >= 0.6 is 15.9 Å². The molecule has 24 heavy (non-hydrogen) atoms. The Labute approximate surface area is 146 Å². The number of nitrogens with zero attached hydrogens (tertiary/aromatic N) is 4. The molecule has 0 saturated carbocycles. The molecular formula is C16H15BrFN5O. The number of aromatic nitrogens is 4. The predicted molar refractivity (Wildman–Crippen MR) is 91.0 cm³/mol. The minimum Gasteiger partial charge on any atom is -0.308 e. The van der Waals surface area contributed by atoms with Gasteiger partial charge >= 0.3 is 0 Å². The monoisotopic (exact) mass is 391 g/mol. The maximum absolute atomic E-state index is 13.6. The number of nitrogens with one attached hydrogen (secondary N) is 1. The first-order chi connectivity index (χ1) is 11.5. The fraction of sp³-hybridized carbons (Fsp3) is 0.188. The number of aryl methyl sites for hydroxylation is 1.